The molecule has 0 aliphatic heterocycles. The summed E-state index contributed by atoms with van der Waals surface area (Å²) < 4.78 is 0. The Morgan fingerprint density at radius 3 is 2.38 bits per heavy atom. The number of carbonyl (C=O) groups excluding carboxylic acids is 1. The van der Waals surface area contributed by atoms with Crippen LogP contribution in [0.4, 0.5) is 5.69 Å². The minimum Gasteiger partial charge on any atom is -0.478 e. The van der Waals surface area contributed by atoms with Gasteiger partial charge in [-0.15, -0.1) is 0 Å². The lowest BCUT2D eigenvalue weighted by Crippen LogP contribution is -2.22. The third-order valence-electron chi connectivity index (χ3n) is 4.34. The Bertz CT molecular complexity index is 859. The highest BCUT2D eigenvalue weighted by atomic mass is 16.4. The molecule has 5 heteroatoms. The minimum absolute atomic E-state index is 0.227. The molecule has 3 rings (SSSR count). The van der Waals surface area contributed by atoms with Crippen molar-refractivity contribution in [1.29, 1.82) is 5.26 Å². The van der Waals surface area contributed by atoms with E-state index in [-0.39, 0.29) is 11.5 Å². The molecule has 1 saturated carbocycles. The molecule has 1 fully saturated rings. The van der Waals surface area contributed by atoms with Gasteiger partial charge < -0.3 is 10.4 Å². The van der Waals surface area contributed by atoms with E-state index < -0.39 is 11.4 Å². The smallest absolute Gasteiger partial charge is 0.335 e. The monoisotopic (exact) mass is 320 g/mol. The summed E-state index contributed by atoms with van der Waals surface area (Å²) in [5.41, 5.74) is 2.78. The third kappa shape index (κ3) is 2.86. The lowest BCUT2D eigenvalue weighted by molar-refractivity contribution is -0.119. The Morgan fingerprint density at radius 2 is 1.83 bits per heavy atom. The Balaban J connectivity index is 1.88. The van der Waals surface area contributed by atoms with E-state index in [2.05, 4.69) is 11.4 Å². The van der Waals surface area contributed by atoms with Gasteiger partial charge >= 0.3 is 5.97 Å². The number of carboxylic acid groups (broad SMARTS) is 1. The fraction of sp³-hybridized carbons (Fsp3) is 0.211. The van der Waals surface area contributed by atoms with Crippen LogP contribution >= 0.6 is 0 Å². The molecule has 0 spiro atoms. The molecule has 0 saturated heterocycles. The molecule has 0 unspecified atom stereocenters. The van der Waals surface area contributed by atoms with Gasteiger partial charge in [0.2, 0.25) is 5.91 Å². The Kier molecular flexibility index (Phi) is 3.82. The highest BCUT2D eigenvalue weighted by molar-refractivity contribution is 5.99. The molecule has 1 amide bonds. The standard InChI is InChI=1S/C19H16N2O3/c1-12-2-7-15(21-18(24)19(11-20)8-9-19)10-16(12)13-3-5-14(6-4-13)17(22)23/h2-7,10H,8-9H2,1H3,(H,21,24)(H,22,23). The second-order valence-electron chi connectivity index (χ2n) is 6.06. The topological polar surface area (TPSA) is 90.2 Å². The number of hydrogen-bond donors (Lipinski definition) is 2. The van der Waals surface area contributed by atoms with Crippen LogP contribution < -0.4 is 5.32 Å². The molecule has 2 aromatic carbocycles. The summed E-state index contributed by atoms with van der Waals surface area (Å²) in [6.45, 7) is 1.95. The number of hydrogen-bond acceptors (Lipinski definition) is 3. The van der Waals surface area contributed by atoms with Gasteiger partial charge in [-0.1, -0.05) is 18.2 Å². The van der Waals surface area contributed by atoms with E-state index in [0.29, 0.717) is 18.5 Å². The number of amides is 1. The van der Waals surface area contributed by atoms with Crippen LogP contribution in [0.2, 0.25) is 0 Å². The first-order chi connectivity index (χ1) is 11.4. The molecule has 0 radical (unpaired) electrons. The lowest BCUT2D eigenvalue weighted by atomic mass is 9.98. The molecule has 5 nitrogen and oxygen atoms in total. The summed E-state index contributed by atoms with van der Waals surface area (Å²) in [6.07, 6.45) is 1.20. The van der Waals surface area contributed by atoms with Crippen LogP contribution in [0, 0.1) is 23.7 Å². The molecule has 1 aliphatic rings. The number of aryl methyl sites for hydroxylation is 1. The van der Waals surface area contributed by atoms with Gasteiger partial charge in [0, 0.05) is 5.69 Å². The second-order valence-corrected chi connectivity index (χ2v) is 6.06. The highest BCUT2D eigenvalue weighted by Gasteiger charge is 2.50. The molecule has 0 aromatic heterocycles. The van der Waals surface area contributed by atoms with Crippen LogP contribution in [-0.4, -0.2) is 17.0 Å². The average molecular weight is 320 g/mol. The molecule has 2 aromatic rings. The summed E-state index contributed by atoms with van der Waals surface area (Å²) in [4.78, 5) is 23.1. The van der Waals surface area contributed by atoms with Crippen molar-refractivity contribution in [2.45, 2.75) is 19.8 Å². The van der Waals surface area contributed by atoms with Gasteiger partial charge in [-0.2, -0.15) is 5.26 Å². The molecule has 0 bridgehead atoms. The molecular formula is C19H16N2O3. The van der Waals surface area contributed by atoms with Crippen molar-refractivity contribution in [1.82, 2.24) is 0 Å². The number of aromatic carboxylic acids is 1. The molecule has 1 aliphatic carbocycles. The number of rotatable bonds is 4. The number of carboxylic acids is 1. The van der Waals surface area contributed by atoms with Gasteiger partial charge in [0.05, 0.1) is 11.6 Å². The van der Waals surface area contributed by atoms with E-state index >= 15 is 0 Å². The van der Waals surface area contributed by atoms with Crippen molar-refractivity contribution in [3.05, 3.63) is 53.6 Å². The Hall–Kier alpha value is -3.13. The van der Waals surface area contributed by atoms with Gasteiger partial charge in [-0.25, -0.2) is 4.79 Å². The molecule has 0 heterocycles. The van der Waals surface area contributed by atoms with Crippen molar-refractivity contribution in [3.8, 4) is 17.2 Å². The zero-order valence-electron chi connectivity index (χ0n) is 13.2. The maximum Gasteiger partial charge on any atom is 0.335 e. The number of anilines is 1. The Labute approximate surface area is 139 Å². The maximum absolute atomic E-state index is 12.2. The van der Waals surface area contributed by atoms with E-state index in [4.69, 9.17) is 10.4 Å². The number of benzene rings is 2. The van der Waals surface area contributed by atoms with Crippen LogP contribution in [0.3, 0.4) is 0 Å². The summed E-state index contributed by atoms with van der Waals surface area (Å²) in [5.74, 6) is -1.23. The lowest BCUT2D eigenvalue weighted by Gasteiger charge is -2.12. The first-order valence-electron chi connectivity index (χ1n) is 7.62. The molecular weight excluding hydrogens is 304 g/mol. The summed E-state index contributed by atoms with van der Waals surface area (Å²) in [5, 5.41) is 20.9. The van der Waals surface area contributed by atoms with Crippen LogP contribution in [0.1, 0.15) is 28.8 Å². The van der Waals surface area contributed by atoms with Crippen LogP contribution in [0.5, 0.6) is 0 Å². The number of nitriles is 1. The van der Waals surface area contributed by atoms with Crippen molar-refractivity contribution in [2.75, 3.05) is 5.32 Å². The summed E-state index contributed by atoms with van der Waals surface area (Å²) in [7, 11) is 0. The zero-order chi connectivity index (χ0) is 17.3. The quantitative estimate of drug-likeness (QED) is 0.900. The van der Waals surface area contributed by atoms with Gasteiger partial charge in [0.25, 0.3) is 0 Å². The van der Waals surface area contributed by atoms with Gasteiger partial charge in [0.1, 0.15) is 5.41 Å². The van der Waals surface area contributed by atoms with Crippen molar-refractivity contribution in [2.24, 2.45) is 5.41 Å². The van der Waals surface area contributed by atoms with Gasteiger partial charge in [-0.05, 0) is 60.7 Å². The van der Waals surface area contributed by atoms with Crippen LogP contribution in [0.15, 0.2) is 42.5 Å². The second kappa shape index (κ2) is 5.82. The largest absolute Gasteiger partial charge is 0.478 e. The van der Waals surface area contributed by atoms with E-state index in [1.54, 1.807) is 30.3 Å². The van der Waals surface area contributed by atoms with E-state index in [1.165, 1.54) is 0 Å². The van der Waals surface area contributed by atoms with E-state index in [9.17, 15) is 9.59 Å². The number of nitrogens with one attached hydrogen (secondary N) is 1. The molecule has 2 N–H and O–H groups in total. The number of nitrogens with zero attached hydrogens (tertiary/aromatic N) is 1. The minimum atomic E-state index is -0.967. The highest BCUT2D eigenvalue weighted by Crippen LogP contribution is 2.45. The average Bonchev–Trinajstić information content (AvgIpc) is 3.38. The number of carbonyl (C=O) groups is 2. The maximum atomic E-state index is 12.2. The SMILES string of the molecule is Cc1ccc(NC(=O)C2(C#N)CC2)cc1-c1ccc(C(=O)O)cc1. The van der Waals surface area contributed by atoms with Crippen LogP contribution in [0.25, 0.3) is 11.1 Å². The molecule has 0 atom stereocenters. The predicted octanol–water partition coefficient (Wildman–Crippen LogP) is 3.60. The van der Waals surface area contributed by atoms with Crippen molar-refractivity contribution >= 4 is 17.6 Å². The molecule has 24 heavy (non-hydrogen) atoms. The van der Waals surface area contributed by atoms with Gasteiger partial charge in [-0.3, -0.25) is 4.79 Å². The zero-order valence-corrected chi connectivity index (χ0v) is 13.2. The Morgan fingerprint density at radius 1 is 1.17 bits per heavy atom. The van der Waals surface area contributed by atoms with E-state index in [0.717, 1.165) is 16.7 Å². The third-order valence-corrected chi connectivity index (χ3v) is 4.34. The van der Waals surface area contributed by atoms with Crippen LogP contribution in [-0.2, 0) is 4.79 Å². The fourth-order valence-corrected chi connectivity index (χ4v) is 2.57. The fourth-order valence-electron chi connectivity index (χ4n) is 2.57. The predicted molar refractivity (Wildman–Crippen MR) is 89.5 cm³/mol. The summed E-state index contributed by atoms with van der Waals surface area (Å²) >= 11 is 0. The normalized spacial score (nSPS) is 14.5. The van der Waals surface area contributed by atoms with Crippen molar-refractivity contribution in [3.63, 3.8) is 0 Å². The van der Waals surface area contributed by atoms with Crippen molar-refractivity contribution < 1.29 is 14.7 Å². The van der Waals surface area contributed by atoms with Gasteiger partial charge in [0.15, 0.2) is 0 Å². The molecule has 120 valence electrons. The summed E-state index contributed by atoms with van der Waals surface area (Å²) in [6, 6.07) is 14.2. The first kappa shape index (κ1) is 15.8. The van der Waals surface area contributed by atoms with E-state index in [1.807, 2.05) is 19.1 Å². The first-order valence-corrected chi connectivity index (χ1v) is 7.62.